The van der Waals surface area contributed by atoms with Gasteiger partial charge in [-0.25, -0.2) is 4.79 Å². The van der Waals surface area contributed by atoms with Gasteiger partial charge in [0.25, 0.3) is 0 Å². The molecule has 0 bridgehead atoms. The Morgan fingerprint density at radius 3 is 2.27 bits per heavy atom. The number of ether oxygens (including phenoxy) is 1. The molecule has 0 aliphatic carbocycles. The van der Waals surface area contributed by atoms with Crippen molar-refractivity contribution in [2.24, 2.45) is 11.7 Å². The number of esters is 2. The third-order valence-electron chi connectivity index (χ3n) is 4.15. The molecule has 0 atom stereocenters. The van der Waals surface area contributed by atoms with Crippen LogP contribution in [0.5, 0.6) is 0 Å². The summed E-state index contributed by atoms with van der Waals surface area (Å²) in [6.07, 6.45) is 0.758. The van der Waals surface area contributed by atoms with Crippen LogP contribution >= 0.6 is 0 Å². The lowest BCUT2D eigenvalue weighted by molar-refractivity contribution is -0.135. The summed E-state index contributed by atoms with van der Waals surface area (Å²) >= 11 is 0. The number of aryl methyl sites for hydroxylation is 2. The van der Waals surface area contributed by atoms with E-state index < -0.39 is 11.9 Å². The first-order chi connectivity index (χ1) is 12.2. The standard InChI is InChI=1S/C21H26N2O3/c1-12(2)10-18-17(11-22)20(16-8-6-13(3)7-9-16)19(14(4)23-18)21(25)26-15(5)24/h6-9,12H,10-11,22H2,1-5H3. The minimum atomic E-state index is -0.691. The van der Waals surface area contributed by atoms with Gasteiger partial charge in [0.05, 0.1) is 11.3 Å². The molecule has 0 aliphatic rings. The Balaban J connectivity index is 2.79. The van der Waals surface area contributed by atoms with E-state index in [9.17, 15) is 9.59 Å². The zero-order valence-electron chi connectivity index (χ0n) is 16.1. The van der Waals surface area contributed by atoms with Gasteiger partial charge in [-0.15, -0.1) is 0 Å². The van der Waals surface area contributed by atoms with Crippen molar-refractivity contribution in [1.82, 2.24) is 4.98 Å². The number of hydrogen-bond donors (Lipinski definition) is 1. The lowest BCUT2D eigenvalue weighted by atomic mass is 9.90. The fraction of sp³-hybridized carbons (Fsp3) is 0.381. The number of benzene rings is 1. The van der Waals surface area contributed by atoms with Crippen molar-refractivity contribution in [2.75, 3.05) is 0 Å². The van der Waals surface area contributed by atoms with Crippen LogP contribution in [0.4, 0.5) is 0 Å². The van der Waals surface area contributed by atoms with E-state index in [1.165, 1.54) is 6.92 Å². The average molecular weight is 354 g/mol. The molecule has 0 aliphatic heterocycles. The molecule has 0 spiro atoms. The number of nitrogens with zero attached hydrogens (tertiary/aromatic N) is 1. The van der Waals surface area contributed by atoms with Crippen LogP contribution in [0.3, 0.4) is 0 Å². The normalized spacial score (nSPS) is 10.9. The predicted octanol–water partition coefficient (Wildman–Crippen LogP) is 3.73. The fourth-order valence-corrected chi connectivity index (χ4v) is 3.05. The molecule has 1 aromatic carbocycles. The second-order valence-electron chi connectivity index (χ2n) is 6.92. The van der Waals surface area contributed by atoms with Gasteiger partial charge in [-0.2, -0.15) is 0 Å². The number of carbonyl (C=O) groups is 2. The van der Waals surface area contributed by atoms with Gasteiger partial charge in [-0.3, -0.25) is 9.78 Å². The molecule has 5 heteroatoms. The topological polar surface area (TPSA) is 82.3 Å². The SMILES string of the molecule is CC(=O)OC(=O)c1c(C)nc(CC(C)C)c(CN)c1-c1ccc(C)cc1. The van der Waals surface area contributed by atoms with Gasteiger partial charge in [0.1, 0.15) is 0 Å². The van der Waals surface area contributed by atoms with Gasteiger partial charge < -0.3 is 10.5 Å². The molecule has 0 fully saturated rings. The Labute approximate surface area is 154 Å². The molecule has 2 rings (SSSR count). The van der Waals surface area contributed by atoms with E-state index in [-0.39, 0.29) is 6.54 Å². The van der Waals surface area contributed by atoms with E-state index in [0.29, 0.717) is 22.7 Å². The summed E-state index contributed by atoms with van der Waals surface area (Å²) < 4.78 is 4.86. The zero-order valence-corrected chi connectivity index (χ0v) is 16.1. The Bertz CT molecular complexity index is 824. The molecular formula is C21H26N2O3. The summed E-state index contributed by atoms with van der Waals surface area (Å²) in [7, 11) is 0. The smallest absolute Gasteiger partial charge is 0.348 e. The molecule has 0 unspecified atom stereocenters. The van der Waals surface area contributed by atoms with Crippen molar-refractivity contribution in [1.29, 1.82) is 0 Å². The van der Waals surface area contributed by atoms with Gasteiger partial charge in [0.15, 0.2) is 0 Å². The van der Waals surface area contributed by atoms with Crippen LogP contribution in [0, 0.1) is 19.8 Å². The molecule has 2 aromatic rings. The highest BCUT2D eigenvalue weighted by atomic mass is 16.6. The minimum absolute atomic E-state index is 0.249. The number of pyridine rings is 1. The third-order valence-corrected chi connectivity index (χ3v) is 4.15. The van der Waals surface area contributed by atoms with E-state index in [1.807, 2.05) is 31.2 Å². The van der Waals surface area contributed by atoms with E-state index in [2.05, 4.69) is 18.8 Å². The lowest BCUT2D eigenvalue weighted by Crippen LogP contribution is -2.18. The van der Waals surface area contributed by atoms with Crippen molar-refractivity contribution in [3.8, 4) is 11.1 Å². The Morgan fingerprint density at radius 1 is 1.15 bits per heavy atom. The van der Waals surface area contributed by atoms with Gasteiger partial charge in [-0.05, 0) is 37.3 Å². The van der Waals surface area contributed by atoms with Crippen molar-refractivity contribution in [2.45, 2.75) is 47.6 Å². The summed E-state index contributed by atoms with van der Waals surface area (Å²) in [4.78, 5) is 28.5. The summed E-state index contributed by atoms with van der Waals surface area (Å²) in [5.74, 6) is -0.943. The molecule has 1 heterocycles. The van der Waals surface area contributed by atoms with Gasteiger partial charge in [-0.1, -0.05) is 43.7 Å². The molecule has 0 radical (unpaired) electrons. The second kappa shape index (κ2) is 8.23. The quantitative estimate of drug-likeness (QED) is 0.653. The Kier molecular flexibility index (Phi) is 6.27. The largest absolute Gasteiger partial charge is 0.390 e. The maximum Gasteiger partial charge on any atom is 0.348 e. The molecule has 138 valence electrons. The average Bonchev–Trinajstić information content (AvgIpc) is 2.53. The molecular weight excluding hydrogens is 328 g/mol. The fourth-order valence-electron chi connectivity index (χ4n) is 3.05. The van der Waals surface area contributed by atoms with Crippen LogP contribution in [0.1, 0.15) is 53.6 Å². The Hall–Kier alpha value is -2.53. The molecule has 0 saturated carbocycles. The number of rotatable bonds is 5. The number of nitrogens with two attached hydrogens (primary N) is 1. The van der Waals surface area contributed by atoms with Crippen LogP contribution in [-0.4, -0.2) is 16.9 Å². The summed E-state index contributed by atoms with van der Waals surface area (Å²) in [6, 6.07) is 7.86. The van der Waals surface area contributed by atoms with Crippen LogP contribution in [0.2, 0.25) is 0 Å². The van der Waals surface area contributed by atoms with E-state index in [1.54, 1.807) is 6.92 Å². The summed E-state index contributed by atoms with van der Waals surface area (Å²) in [5, 5.41) is 0. The highest BCUT2D eigenvalue weighted by Gasteiger charge is 2.25. The maximum atomic E-state index is 12.6. The maximum absolute atomic E-state index is 12.6. The molecule has 26 heavy (non-hydrogen) atoms. The monoisotopic (exact) mass is 354 g/mol. The highest BCUT2D eigenvalue weighted by Crippen LogP contribution is 2.33. The van der Waals surface area contributed by atoms with Gasteiger partial charge in [0, 0.05) is 24.7 Å². The lowest BCUT2D eigenvalue weighted by Gasteiger charge is -2.20. The number of carbonyl (C=O) groups excluding carboxylic acids is 2. The molecule has 5 nitrogen and oxygen atoms in total. The van der Waals surface area contributed by atoms with Crippen LogP contribution in [0.15, 0.2) is 24.3 Å². The molecule has 1 aromatic heterocycles. The molecule has 0 amide bonds. The summed E-state index contributed by atoms with van der Waals surface area (Å²) in [5.41, 5.74) is 11.3. The second-order valence-corrected chi connectivity index (χ2v) is 6.92. The highest BCUT2D eigenvalue weighted by molar-refractivity contribution is 6.03. The van der Waals surface area contributed by atoms with Crippen molar-refractivity contribution in [3.05, 3.63) is 52.3 Å². The first-order valence-corrected chi connectivity index (χ1v) is 8.76. The van der Waals surface area contributed by atoms with Gasteiger partial charge in [0.2, 0.25) is 0 Å². The van der Waals surface area contributed by atoms with Crippen molar-refractivity contribution < 1.29 is 14.3 Å². The first kappa shape index (κ1) is 19.8. The van der Waals surface area contributed by atoms with E-state index in [4.69, 9.17) is 10.5 Å². The molecule has 2 N–H and O–H groups in total. The first-order valence-electron chi connectivity index (χ1n) is 8.76. The van der Waals surface area contributed by atoms with Crippen LogP contribution < -0.4 is 5.73 Å². The third kappa shape index (κ3) is 4.35. The van der Waals surface area contributed by atoms with E-state index >= 15 is 0 Å². The zero-order chi connectivity index (χ0) is 19.4. The van der Waals surface area contributed by atoms with Crippen LogP contribution in [-0.2, 0) is 22.5 Å². The van der Waals surface area contributed by atoms with E-state index in [0.717, 1.165) is 28.8 Å². The molecule has 0 saturated heterocycles. The van der Waals surface area contributed by atoms with Crippen molar-refractivity contribution in [3.63, 3.8) is 0 Å². The predicted molar refractivity (Wildman–Crippen MR) is 102 cm³/mol. The van der Waals surface area contributed by atoms with Crippen molar-refractivity contribution >= 4 is 11.9 Å². The number of aromatic nitrogens is 1. The van der Waals surface area contributed by atoms with Crippen LogP contribution in [0.25, 0.3) is 11.1 Å². The summed E-state index contributed by atoms with van der Waals surface area (Å²) in [6.45, 7) is 9.45. The Morgan fingerprint density at radius 2 is 1.77 bits per heavy atom. The number of hydrogen-bond acceptors (Lipinski definition) is 5. The minimum Gasteiger partial charge on any atom is -0.390 e. The van der Waals surface area contributed by atoms with Gasteiger partial charge >= 0.3 is 11.9 Å².